The van der Waals surface area contributed by atoms with E-state index < -0.39 is 0 Å². The van der Waals surface area contributed by atoms with Crippen molar-refractivity contribution in [2.75, 3.05) is 0 Å². The second-order valence-electron chi connectivity index (χ2n) is 32.4. The van der Waals surface area contributed by atoms with Crippen molar-refractivity contribution in [1.82, 2.24) is 0 Å². The fourth-order valence-electron chi connectivity index (χ4n) is 20.1. The van der Waals surface area contributed by atoms with Crippen molar-refractivity contribution < 1.29 is 0 Å². The van der Waals surface area contributed by atoms with Crippen molar-refractivity contribution in [2.24, 2.45) is 0 Å². The predicted molar refractivity (Wildman–Crippen MR) is 489 cm³/mol. The zero-order chi connectivity index (χ0) is 75.9. The molecule has 21 aromatic rings. The van der Waals surface area contributed by atoms with Gasteiger partial charge in [-0.25, -0.2) is 0 Å². The van der Waals surface area contributed by atoms with E-state index in [4.69, 9.17) is 0 Å². The van der Waals surface area contributed by atoms with Crippen molar-refractivity contribution in [1.29, 1.82) is 0 Å². The third-order valence-corrected chi connectivity index (χ3v) is 25.5. The van der Waals surface area contributed by atoms with Crippen molar-refractivity contribution in [3.05, 3.63) is 423 Å². The summed E-state index contributed by atoms with van der Waals surface area (Å²) in [6.45, 7) is 9.52. The summed E-state index contributed by atoms with van der Waals surface area (Å²) in [7, 11) is 0. The number of benzene rings is 21. The van der Waals surface area contributed by atoms with Crippen LogP contribution in [0.25, 0.3) is 208 Å². The molecule has 0 aromatic heterocycles. The summed E-state index contributed by atoms with van der Waals surface area (Å²) in [6, 6.07) is 149. The summed E-state index contributed by atoms with van der Waals surface area (Å²) in [4.78, 5) is 0. The summed E-state index contributed by atoms with van der Waals surface area (Å²) in [5.41, 5.74) is 30.9. The number of fused-ring (bicyclic) bond motifs is 18. The molecule has 0 amide bonds. The average Bonchev–Trinajstić information content (AvgIpc) is 1.50. The van der Waals surface area contributed by atoms with Crippen LogP contribution < -0.4 is 0 Å². The minimum absolute atomic E-state index is 0.0851. The third-order valence-electron chi connectivity index (χ3n) is 25.5. The molecule has 0 bridgehead atoms. The zero-order valence-corrected chi connectivity index (χ0v) is 64.1. The molecule has 0 atom stereocenters. The van der Waals surface area contributed by atoms with E-state index in [1.54, 1.807) is 0 Å². The lowest BCUT2D eigenvalue weighted by Crippen LogP contribution is -2.14. The minimum Gasteiger partial charge on any atom is -0.0616 e. The molecule has 0 N–H and O–H groups in total. The van der Waals surface area contributed by atoms with Gasteiger partial charge in [-0.3, -0.25) is 0 Å². The van der Waals surface area contributed by atoms with Gasteiger partial charge in [0.05, 0.1) is 0 Å². The van der Waals surface area contributed by atoms with Crippen LogP contribution in [-0.4, -0.2) is 0 Å². The van der Waals surface area contributed by atoms with E-state index in [2.05, 4.69) is 428 Å². The zero-order valence-electron chi connectivity index (χ0n) is 64.1. The Hall–Kier alpha value is -14.0. The number of rotatable bonds is 8. The van der Waals surface area contributed by atoms with E-state index in [9.17, 15) is 0 Å². The van der Waals surface area contributed by atoms with Gasteiger partial charge in [0.2, 0.25) is 0 Å². The Labute approximate surface area is 664 Å². The maximum absolute atomic E-state index is 2.44. The van der Waals surface area contributed by atoms with Crippen LogP contribution in [0.3, 0.4) is 0 Å². The van der Waals surface area contributed by atoms with Crippen molar-refractivity contribution >= 4 is 97.0 Å². The summed E-state index contributed by atoms with van der Waals surface area (Å²) >= 11 is 0. The quantitative estimate of drug-likeness (QED) is 0.105. The number of hydrogen-bond donors (Lipinski definition) is 0. The van der Waals surface area contributed by atoms with Crippen LogP contribution in [0.4, 0.5) is 0 Å². The van der Waals surface area contributed by atoms with Crippen molar-refractivity contribution in [3.8, 4) is 111 Å². The lowest BCUT2D eigenvalue weighted by molar-refractivity contribution is 0.661. The van der Waals surface area contributed by atoms with E-state index >= 15 is 0 Å². The maximum Gasteiger partial charge on any atom is 0.0159 e. The Bertz CT molecular complexity index is 7470. The lowest BCUT2D eigenvalue weighted by Gasteiger charge is -2.22. The Morgan fingerprint density at radius 2 is 0.430 bits per heavy atom. The highest BCUT2D eigenvalue weighted by Crippen LogP contribution is 2.58. The molecule has 534 valence electrons. The van der Waals surface area contributed by atoms with Crippen LogP contribution in [0.2, 0.25) is 0 Å². The molecule has 0 saturated heterocycles. The van der Waals surface area contributed by atoms with Crippen LogP contribution in [0.1, 0.15) is 49.9 Å². The lowest BCUT2D eigenvalue weighted by atomic mass is 9.81. The first-order chi connectivity index (χ1) is 56.1. The molecule has 0 fully saturated rings. The third kappa shape index (κ3) is 10.5. The van der Waals surface area contributed by atoms with Gasteiger partial charge >= 0.3 is 0 Å². The molecule has 21 aromatic carbocycles. The smallest absolute Gasteiger partial charge is 0.0159 e. The van der Waals surface area contributed by atoms with E-state index in [1.807, 2.05) is 0 Å². The highest BCUT2D eigenvalue weighted by atomic mass is 14.4. The van der Waals surface area contributed by atoms with Gasteiger partial charge in [-0.05, 0) is 261 Å². The first-order valence-corrected chi connectivity index (χ1v) is 40.1. The SMILES string of the molecule is CC1(C)c2cccc(-c3cccc(-c4c5ccccc5c(-c5ccc(-c6ccc7ccccc7c6)cc5)c5ccccc45)c3)c2-c2c1ccc1ccccc21.CC1(C)c2cccc(-c3cccc(-c4c5ccccc5c(-c5cccc(-c6cc7ccccc7c7ccccc67)c5)c5ccccc45)c3)c2-c2c1ccc1ccccc21. The molecule has 0 nitrogen and oxygen atoms in total. The topological polar surface area (TPSA) is 0 Å². The van der Waals surface area contributed by atoms with Crippen LogP contribution in [-0.2, 0) is 10.8 Å². The molecule has 0 heterocycles. The molecule has 2 aliphatic rings. The van der Waals surface area contributed by atoms with Gasteiger partial charge < -0.3 is 0 Å². The van der Waals surface area contributed by atoms with Crippen molar-refractivity contribution in [2.45, 2.75) is 38.5 Å². The standard InChI is InChI=1S/C59H40.C55H38/c1-59(2)53-31-15-30-45(58(53)57-44-23-6-3-16-37(44)32-33-54(57)59)38-18-13-20-41(34-38)55-48-26-9-11-28-50(48)56(51-29-12-10-27-49(51)55)42-21-14-19-39(35-42)52-36-40-17-4-5-22-43(40)46-24-7-8-25-47(46)52;1-55(2)49-24-12-23-44(54(49)53-43-18-6-5-14-37(43)31-32-50(53)55)41-16-11-17-42(34-41)52-47-21-9-7-19-45(47)51(46-20-8-10-22-48(46)52)38-28-25-36(26-29-38)40-30-27-35-13-3-4-15-39(35)33-40/h3-36H,1-2H3;3-34H,1-2H3. The minimum atomic E-state index is -0.0940. The Balaban J connectivity index is 0.000000139. The van der Waals surface area contributed by atoms with E-state index in [1.165, 1.54) is 230 Å². The number of hydrogen-bond acceptors (Lipinski definition) is 0. The molecule has 0 unspecified atom stereocenters. The first kappa shape index (κ1) is 66.9. The molecular weight excluding hydrogens is 1370 g/mol. The molecule has 0 heteroatoms. The van der Waals surface area contributed by atoms with Gasteiger partial charge in [-0.15, -0.1) is 0 Å². The normalized spacial score (nSPS) is 13.1. The van der Waals surface area contributed by atoms with Gasteiger partial charge in [0.15, 0.2) is 0 Å². The fourth-order valence-corrected chi connectivity index (χ4v) is 20.1. The van der Waals surface area contributed by atoms with Gasteiger partial charge in [0.1, 0.15) is 0 Å². The van der Waals surface area contributed by atoms with Gasteiger partial charge in [0, 0.05) is 10.8 Å². The van der Waals surface area contributed by atoms with Gasteiger partial charge in [-0.1, -0.05) is 398 Å². The highest BCUT2D eigenvalue weighted by Gasteiger charge is 2.40. The van der Waals surface area contributed by atoms with E-state index in [0.29, 0.717) is 0 Å². The summed E-state index contributed by atoms with van der Waals surface area (Å²) in [5, 5.41) is 23.0. The summed E-state index contributed by atoms with van der Waals surface area (Å²) in [6.07, 6.45) is 0. The monoisotopic (exact) mass is 1450 g/mol. The molecular formula is C114H78. The van der Waals surface area contributed by atoms with Gasteiger partial charge in [-0.2, -0.15) is 0 Å². The fraction of sp³-hybridized carbons (Fsp3) is 0.0526. The summed E-state index contributed by atoms with van der Waals surface area (Å²) in [5.74, 6) is 0. The largest absolute Gasteiger partial charge is 0.0616 e. The maximum atomic E-state index is 2.44. The highest BCUT2D eigenvalue weighted by molar-refractivity contribution is 6.24. The summed E-state index contributed by atoms with van der Waals surface area (Å²) < 4.78 is 0. The molecule has 0 radical (unpaired) electrons. The van der Waals surface area contributed by atoms with Crippen LogP contribution in [0.5, 0.6) is 0 Å². The molecule has 0 saturated carbocycles. The van der Waals surface area contributed by atoms with E-state index in [0.717, 1.165) is 0 Å². The molecule has 0 spiro atoms. The Morgan fingerprint density at radius 1 is 0.132 bits per heavy atom. The second kappa shape index (κ2) is 26.3. The predicted octanol–water partition coefficient (Wildman–Crippen LogP) is 31.7. The molecule has 23 rings (SSSR count). The van der Waals surface area contributed by atoms with Crippen LogP contribution >= 0.6 is 0 Å². The first-order valence-electron chi connectivity index (χ1n) is 40.1. The molecule has 2 aliphatic carbocycles. The van der Waals surface area contributed by atoms with E-state index in [-0.39, 0.29) is 10.8 Å². The van der Waals surface area contributed by atoms with Gasteiger partial charge in [0.25, 0.3) is 0 Å². The van der Waals surface area contributed by atoms with Crippen LogP contribution in [0.15, 0.2) is 400 Å². The molecule has 0 aliphatic heterocycles. The van der Waals surface area contributed by atoms with Crippen LogP contribution in [0, 0.1) is 0 Å². The second-order valence-corrected chi connectivity index (χ2v) is 32.4. The van der Waals surface area contributed by atoms with Crippen molar-refractivity contribution in [3.63, 3.8) is 0 Å². The Morgan fingerprint density at radius 3 is 0.868 bits per heavy atom. The molecule has 114 heavy (non-hydrogen) atoms. The average molecular weight is 1450 g/mol. The Kier molecular flexibility index (Phi) is 15.4.